The number of fused-ring (bicyclic) bond motifs is 1. The Labute approximate surface area is 185 Å². The summed E-state index contributed by atoms with van der Waals surface area (Å²) < 4.78 is 1.66. The lowest BCUT2D eigenvalue weighted by Crippen LogP contribution is -2.48. The van der Waals surface area contributed by atoms with Crippen LogP contribution in [0.5, 0.6) is 0 Å². The highest BCUT2D eigenvalue weighted by Gasteiger charge is 2.29. The van der Waals surface area contributed by atoms with Crippen LogP contribution in [0.3, 0.4) is 0 Å². The Hall–Kier alpha value is -2.12. The Bertz CT molecular complexity index is 1130. The molecule has 1 fully saturated rings. The van der Waals surface area contributed by atoms with Crippen LogP contribution in [0.15, 0.2) is 40.3 Å². The minimum atomic E-state index is -0.0669. The molecule has 3 heterocycles. The van der Waals surface area contributed by atoms with E-state index in [9.17, 15) is 9.59 Å². The summed E-state index contributed by atoms with van der Waals surface area (Å²) in [7, 11) is 0. The van der Waals surface area contributed by atoms with E-state index in [1.807, 2.05) is 49.1 Å². The number of carbonyl (C=O) groups is 1. The molecule has 1 aromatic carbocycles. The van der Waals surface area contributed by atoms with Crippen LogP contribution in [0.4, 0.5) is 0 Å². The quantitative estimate of drug-likeness (QED) is 0.425. The van der Waals surface area contributed by atoms with E-state index in [0.29, 0.717) is 10.5 Å². The second-order valence-corrected chi connectivity index (χ2v) is 10.2. The molecule has 5 nitrogen and oxygen atoms in total. The van der Waals surface area contributed by atoms with Crippen LogP contribution >= 0.6 is 23.1 Å². The Morgan fingerprint density at radius 2 is 1.83 bits per heavy atom. The van der Waals surface area contributed by atoms with Crippen LogP contribution in [0.25, 0.3) is 15.9 Å². The summed E-state index contributed by atoms with van der Waals surface area (Å²) >= 11 is 2.90. The van der Waals surface area contributed by atoms with E-state index in [1.165, 1.54) is 18.2 Å². The van der Waals surface area contributed by atoms with Crippen molar-refractivity contribution in [2.75, 3.05) is 5.75 Å². The van der Waals surface area contributed by atoms with E-state index >= 15 is 0 Å². The lowest BCUT2D eigenvalue weighted by Gasteiger charge is -2.39. The number of para-hydroxylation sites is 1. The first-order chi connectivity index (χ1) is 14.4. The number of aryl methyl sites for hydroxylation is 2. The van der Waals surface area contributed by atoms with E-state index < -0.39 is 0 Å². The molecule has 0 bridgehead atoms. The number of rotatable bonds is 4. The third kappa shape index (κ3) is 3.81. The summed E-state index contributed by atoms with van der Waals surface area (Å²) in [6.45, 7) is 8.24. The smallest absolute Gasteiger partial charge is 0.267 e. The minimum absolute atomic E-state index is 0.0669. The average Bonchev–Trinajstić information content (AvgIpc) is 3.00. The maximum Gasteiger partial charge on any atom is 0.267 e. The monoisotopic (exact) mass is 441 g/mol. The lowest BCUT2D eigenvalue weighted by atomic mass is 9.98. The molecule has 0 saturated carbocycles. The maximum atomic E-state index is 13.5. The maximum absolute atomic E-state index is 13.5. The van der Waals surface area contributed by atoms with Gasteiger partial charge in [-0.05, 0) is 64.7 Å². The molecule has 1 saturated heterocycles. The number of carbonyl (C=O) groups excluding carboxylic acids is 1. The van der Waals surface area contributed by atoms with E-state index in [1.54, 1.807) is 15.9 Å². The first kappa shape index (κ1) is 21.1. The Kier molecular flexibility index (Phi) is 6.02. The molecular weight excluding hydrogens is 414 g/mol. The Morgan fingerprint density at radius 3 is 2.50 bits per heavy atom. The van der Waals surface area contributed by atoms with Gasteiger partial charge in [0.05, 0.1) is 16.8 Å². The molecular formula is C23H27N3O2S2. The number of hydrogen-bond donors (Lipinski definition) is 0. The third-order valence-electron chi connectivity index (χ3n) is 5.99. The second kappa shape index (κ2) is 8.55. The normalized spacial score (nSPS) is 19.4. The van der Waals surface area contributed by atoms with Crippen molar-refractivity contribution >= 4 is 39.2 Å². The molecule has 3 aromatic rings. The van der Waals surface area contributed by atoms with Crippen molar-refractivity contribution < 1.29 is 4.79 Å². The number of thioether (sulfide) groups is 1. The molecule has 0 aliphatic carbocycles. The van der Waals surface area contributed by atoms with Crippen molar-refractivity contribution in [3.05, 3.63) is 51.1 Å². The Balaban J connectivity index is 1.73. The molecule has 0 unspecified atom stereocenters. The standard InChI is InChI=1S/C23H27N3O2S2/c1-14-9-8-10-15(2)25(14)19(27)13-29-23-24-21-20(16(3)17(4)30-21)22(28)26(23)18-11-6-5-7-12-18/h5-7,11-12,14-15H,8-10,13H2,1-4H3/t14-,15+. The van der Waals surface area contributed by atoms with E-state index in [4.69, 9.17) is 4.98 Å². The summed E-state index contributed by atoms with van der Waals surface area (Å²) in [6.07, 6.45) is 3.27. The minimum Gasteiger partial charge on any atom is -0.337 e. The molecule has 4 rings (SSSR count). The topological polar surface area (TPSA) is 55.2 Å². The van der Waals surface area contributed by atoms with Gasteiger partial charge in [0.1, 0.15) is 4.83 Å². The molecule has 2 aromatic heterocycles. The van der Waals surface area contributed by atoms with Crippen LogP contribution in [0.2, 0.25) is 0 Å². The first-order valence-electron chi connectivity index (χ1n) is 10.4. The van der Waals surface area contributed by atoms with Crippen molar-refractivity contribution in [3.8, 4) is 5.69 Å². The molecule has 2 atom stereocenters. The molecule has 0 spiro atoms. The molecule has 1 aliphatic rings. The van der Waals surface area contributed by atoms with Gasteiger partial charge in [-0.2, -0.15) is 0 Å². The van der Waals surface area contributed by atoms with Crippen molar-refractivity contribution in [2.45, 2.75) is 64.2 Å². The van der Waals surface area contributed by atoms with Crippen molar-refractivity contribution in [3.63, 3.8) is 0 Å². The summed E-state index contributed by atoms with van der Waals surface area (Å²) in [4.78, 5) is 35.2. The van der Waals surface area contributed by atoms with Crippen LogP contribution in [0, 0.1) is 13.8 Å². The fourth-order valence-corrected chi connectivity index (χ4v) is 6.24. The zero-order valence-electron chi connectivity index (χ0n) is 17.8. The van der Waals surface area contributed by atoms with Gasteiger partial charge in [0.2, 0.25) is 5.91 Å². The molecule has 7 heteroatoms. The molecule has 0 radical (unpaired) electrons. The molecule has 1 aliphatic heterocycles. The van der Waals surface area contributed by atoms with Crippen LogP contribution in [-0.4, -0.2) is 38.2 Å². The average molecular weight is 442 g/mol. The number of nitrogens with zero attached hydrogens (tertiary/aromatic N) is 3. The fourth-order valence-electron chi connectivity index (χ4n) is 4.29. The second-order valence-electron chi connectivity index (χ2n) is 8.05. The van der Waals surface area contributed by atoms with Gasteiger partial charge in [0, 0.05) is 17.0 Å². The Morgan fingerprint density at radius 1 is 1.17 bits per heavy atom. The number of likely N-dealkylation sites (tertiary alicyclic amines) is 1. The van der Waals surface area contributed by atoms with Gasteiger partial charge in [-0.25, -0.2) is 4.98 Å². The highest BCUT2D eigenvalue weighted by molar-refractivity contribution is 7.99. The van der Waals surface area contributed by atoms with Crippen LogP contribution < -0.4 is 5.56 Å². The zero-order chi connectivity index (χ0) is 21.4. The van der Waals surface area contributed by atoms with E-state index in [-0.39, 0.29) is 29.3 Å². The summed E-state index contributed by atoms with van der Waals surface area (Å²) in [5.41, 5.74) is 1.69. The highest BCUT2D eigenvalue weighted by atomic mass is 32.2. The fraction of sp³-hybridized carbons (Fsp3) is 0.435. The number of thiophene rings is 1. The lowest BCUT2D eigenvalue weighted by molar-refractivity contribution is -0.134. The predicted molar refractivity (Wildman–Crippen MR) is 125 cm³/mol. The zero-order valence-corrected chi connectivity index (χ0v) is 19.5. The van der Waals surface area contributed by atoms with Gasteiger partial charge in [0.15, 0.2) is 5.16 Å². The predicted octanol–water partition coefficient (Wildman–Crippen LogP) is 4.95. The molecule has 158 valence electrons. The van der Waals surface area contributed by atoms with E-state index in [2.05, 4.69) is 13.8 Å². The van der Waals surface area contributed by atoms with Gasteiger partial charge >= 0.3 is 0 Å². The largest absolute Gasteiger partial charge is 0.337 e. The molecule has 30 heavy (non-hydrogen) atoms. The third-order valence-corrected chi connectivity index (χ3v) is 8.02. The number of amides is 1. The highest BCUT2D eigenvalue weighted by Crippen LogP contribution is 2.30. The van der Waals surface area contributed by atoms with Crippen molar-refractivity contribution in [1.82, 2.24) is 14.5 Å². The van der Waals surface area contributed by atoms with Crippen LogP contribution in [0.1, 0.15) is 43.6 Å². The van der Waals surface area contributed by atoms with Gasteiger partial charge in [-0.3, -0.25) is 14.2 Å². The van der Waals surface area contributed by atoms with Gasteiger partial charge in [-0.15, -0.1) is 11.3 Å². The van der Waals surface area contributed by atoms with Gasteiger partial charge < -0.3 is 4.90 Å². The SMILES string of the molecule is Cc1sc2nc(SCC(=O)N3[C@H](C)CCC[C@@H]3C)n(-c3ccccc3)c(=O)c2c1C. The molecule has 1 amide bonds. The number of aromatic nitrogens is 2. The summed E-state index contributed by atoms with van der Waals surface area (Å²) in [5.74, 6) is 0.398. The summed E-state index contributed by atoms with van der Waals surface area (Å²) in [5, 5.41) is 1.25. The van der Waals surface area contributed by atoms with Crippen molar-refractivity contribution in [1.29, 1.82) is 0 Å². The number of piperidine rings is 1. The summed E-state index contributed by atoms with van der Waals surface area (Å²) in [6, 6.07) is 10.1. The number of hydrogen-bond acceptors (Lipinski definition) is 5. The van der Waals surface area contributed by atoms with E-state index in [0.717, 1.165) is 33.8 Å². The van der Waals surface area contributed by atoms with Gasteiger partial charge in [0.25, 0.3) is 5.56 Å². The first-order valence-corrected chi connectivity index (χ1v) is 12.2. The molecule has 0 N–H and O–H groups in total. The number of benzene rings is 1. The van der Waals surface area contributed by atoms with Gasteiger partial charge in [-0.1, -0.05) is 30.0 Å². The van der Waals surface area contributed by atoms with Crippen LogP contribution in [-0.2, 0) is 4.79 Å². The van der Waals surface area contributed by atoms with Crippen molar-refractivity contribution in [2.24, 2.45) is 0 Å².